The van der Waals surface area contributed by atoms with Crippen molar-refractivity contribution in [3.8, 4) is 0 Å². The maximum absolute atomic E-state index is 6.01. The maximum atomic E-state index is 6.01. The fourth-order valence-electron chi connectivity index (χ4n) is 1.93. The summed E-state index contributed by atoms with van der Waals surface area (Å²) in [6, 6.07) is 18.4. The molecule has 16 heavy (non-hydrogen) atoms. The third-order valence-corrected chi connectivity index (χ3v) is 2.98. The second-order valence-corrected chi connectivity index (χ2v) is 4.24. The summed E-state index contributed by atoms with van der Waals surface area (Å²) in [6.45, 7) is 4.03. The second kappa shape index (κ2) is 5.18. The van der Waals surface area contributed by atoms with E-state index in [1.54, 1.807) is 0 Å². The van der Waals surface area contributed by atoms with E-state index < -0.39 is 0 Å². The second-order valence-electron chi connectivity index (χ2n) is 3.81. The first-order valence-electron chi connectivity index (χ1n) is 5.41. The molecule has 0 aliphatic rings. The normalized spacial score (nSPS) is 12.4. The molecule has 0 N–H and O–H groups in total. The zero-order valence-electron chi connectivity index (χ0n) is 9.07. The van der Waals surface area contributed by atoms with Crippen molar-refractivity contribution in [2.45, 2.75) is 12.3 Å². The SMILES string of the molecule is [CH2]CC(c1ccccc1)c1cccc(Cl)c1. The van der Waals surface area contributed by atoms with Gasteiger partial charge in [-0.3, -0.25) is 0 Å². The van der Waals surface area contributed by atoms with E-state index >= 15 is 0 Å². The van der Waals surface area contributed by atoms with E-state index in [1.165, 1.54) is 11.1 Å². The zero-order valence-corrected chi connectivity index (χ0v) is 9.82. The van der Waals surface area contributed by atoms with Crippen molar-refractivity contribution in [1.29, 1.82) is 0 Å². The number of rotatable bonds is 3. The lowest BCUT2D eigenvalue weighted by Gasteiger charge is -2.15. The molecule has 0 aromatic heterocycles. The Morgan fingerprint density at radius 2 is 1.62 bits per heavy atom. The lowest BCUT2D eigenvalue weighted by atomic mass is 9.89. The quantitative estimate of drug-likeness (QED) is 0.716. The van der Waals surface area contributed by atoms with Crippen LogP contribution in [0.2, 0.25) is 5.02 Å². The van der Waals surface area contributed by atoms with Gasteiger partial charge in [0.1, 0.15) is 0 Å². The van der Waals surface area contributed by atoms with E-state index in [0.717, 1.165) is 11.4 Å². The summed E-state index contributed by atoms with van der Waals surface area (Å²) in [5.41, 5.74) is 2.52. The largest absolute Gasteiger partial charge is 0.0843 e. The van der Waals surface area contributed by atoms with E-state index in [0.29, 0.717) is 5.92 Å². The van der Waals surface area contributed by atoms with Crippen molar-refractivity contribution < 1.29 is 0 Å². The Hall–Kier alpha value is -1.27. The molecule has 0 fully saturated rings. The van der Waals surface area contributed by atoms with Crippen molar-refractivity contribution in [3.63, 3.8) is 0 Å². The topological polar surface area (TPSA) is 0 Å². The summed E-state index contributed by atoms with van der Waals surface area (Å²) in [5.74, 6) is 0.333. The summed E-state index contributed by atoms with van der Waals surface area (Å²) in [6.07, 6.45) is 0.838. The van der Waals surface area contributed by atoms with Crippen molar-refractivity contribution in [1.82, 2.24) is 0 Å². The van der Waals surface area contributed by atoms with Gasteiger partial charge in [0.2, 0.25) is 0 Å². The minimum atomic E-state index is 0.333. The predicted octanol–water partition coefficient (Wildman–Crippen LogP) is 4.70. The zero-order chi connectivity index (χ0) is 11.4. The van der Waals surface area contributed by atoms with Crippen molar-refractivity contribution in [3.05, 3.63) is 77.7 Å². The van der Waals surface area contributed by atoms with Crippen molar-refractivity contribution >= 4 is 11.6 Å². The molecule has 2 rings (SSSR count). The van der Waals surface area contributed by atoms with E-state index in [4.69, 9.17) is 11.6 Å². The first-order chi connectivity index (χ1) is 7.81. The molecule has 0 bridgehead atoms. The Bertz CT molecular complexity index is 448. The molecule has 2 aromatic rings. The van der Waals surface area contributed by atoms with Crippen LogP contribution in [0.15, 0.2) is 54.6 Å². The van der Waals surface area contributed by atoms with Crippen LogP contribution in [-0.2, 0) is 0 Å². The van der Waals surface area contributed by atoms with Crippen molar-refractivity contribution in [2.75, 3.05) is 0 Å². The average molecular weight is 230 g/mol. The van der Waals surface area contributed by atoms with Crippen molar-refractivity contribution in [2.24, 2.45) is 0 Å². The van der Waals surface area contributed by atoms with E-state index in [1.807, 2.05) is 24.3 Å². The van der Waals surface area contributed by atoms with Crippen LogP contribution in [0.1, 0.15) is 23.5 Å². The monoisotopic (exact) mass is 229 g/mol. The van der Waals surface area contributed by atoms with Gasteiger partial charge in [-0.15, -0.1) is 0 Å². The van der Waals surface area contributed by atoms with Gasteiger partial charge in [-0.05, 0) is 29.7 Å². The summed E-state index contributed by atoms with van der Waals surface area (Å²) in [7, 11) is 0. The molecule has 1 heteroatoms. The van der Waals surface area contributed by atoms with Gasteiger partial charge in [-0.2, -0.15) is 0 Å². The highest BCUT2D eigenvalue weighted by Crippen LogP contribution is 2.28. The van der Waals surface area contributed by atoms with E-state index in [2.05, 4.69) is 37.3 Å². The highest BCUT2D eigenvalue weighted by atomic mass is 35.5. The van der Waals surface area contributed by atoms with Crippen LogP contribution in [0.5, 0.6) is 0 Å². The lowest BCUT2D eigenvalue weighted by Crippen LogP contribution is -1.99. The molecule has 0 amide bonds. The van der Waals surface area contributed by atoms with Gasteiger partial charge >= 0.3 is 0 Å². The summed E-state index contributed by atoms with van der Waals surface area (Å²) in [5, 5.41) is 0.784. The highest BCUT2D eigenvalue weighted by Gasteiger charge is 2.11. The van der Waals surface area contributed by atoms with Crippen LogP contribution in [0, 0.1) is 6.92 Å². The third kappa shape index (κ3) is 2.45. The Kier molecular flexibility index (Phi) is 3.63. The summed E-state index contributed by atoms with van der Waals surface area (Å²) in [4.78, 5) is 0. The van der Waals surface area contributed by atoms with Gasteiger partial charge < -0.3 is 0 Å². The first kappa shape index (κ1) is 11.2. The standard InChI is InChI=1S/C15H14Cl/c1-2-15(12-7-4-3-5-8-12)13-9-6-10-14(16)11-13/h3-11,15H,1-2H2. The van der Waals surface area contributed by atoms with Gasteiger partial charge in [-0.1, -0.05) is 61.0 Å². The number of hydrogen-bond acceptors (Lipinski definition) is 0. The molecule has 81 valence electrons. The van der Waals surface area contributed by atoms with Crippen LogP contribution >= 0.6 is 11.6 Å². The van der Waals surface area contributed by atoms with Crippen LogP contribution in [0.25, 0.3) is 0 Å². The van der Waals surface area contributed by atoms with Gasteiger partial charge in [0.15, 0.2) is 0 Å². The molecule has 1 atom stereocenters. The maximum Gasteiger partial charge on any atom is 0.0408 e. The molecule has 0 aliphatic carbocycles. The number of benzene rings is 2. The molecule has 0 heterocycles. The molecule has 0 aliphatic heterocycles. The fraction of sp³-hybridized carbons (Fsp3) is 0.133. The summed E-state index contributed by atoms with van der Waals surface area (Å²) < 4.78 is 0. The molecule has 1 radical (unpaired) electrons. The molecule has 0 spiro atoms. The smallest absolute Gasteiger partial charge is 0.0408 e. The molecule has 2 aromatic carbocycles. The molecule has 0 saturated heterocycles. The lowest BCUT2D eigenvalue weighted by molar-refractivity contribution is 0.827. The molecular formula is C15H14Cl. The molecule has 1 unspecified atom stereocenters. The van der Waals surface area contributed by atoms with Crippen LogP contribution in [0.3, 0.4) is 0 Å². The van der Waals surface area contributed by atoms with E-state index in [-0.39, 0.29) is 0 Å². The van der Waals surface area contributed by atoms with Gasteiger partial charge in [0, 0.05) is 10.9 Å². The first-order valence-corrected chi connectivity index (χ1v) is 5.78. The Morgan fingerprint density at radius 1 is 0.938 bits per heavy atom. The minimum Gasteiger partial charge on any atom is -0.0843 e. The van der Waals surface area contributed by atoms with Crippen LogP contribution in [0.4, 0.5) is 0 Å². The Balaban J connectivity index is 2.37. The molecular weight excluding hydrogens is 216 g/mol. The van der Waals surface area contributed by atoms with Gasteiger partial charge in [0.25, 0.3) is 0 Å². The summed E-state index contributed by atoms with van der Waals surface area (Å²) >= 11 is 6.01. The Labute approximate surface area is 102 Å². The van der Waals surface area contributed by atoms with Crippen LogP contribution < -0.4 is 0 Å². The van der Waals surface area contributed by atoms with Crippen LogP contribution in [-0.4, -0.2) is 0 Å². The number of hydrogen-bond donors (Lipinski definition) is 0. The van der Waals surface area contributed by atoms with Gasteiger partial charge in [0.05, 0.1) is 0 Å². The predicted molar refractivity (Wildman–Crippen MR) is 69.7 cm³/mol. The molecule has 0 saturated carbocycles. The highest BCUT2D eigenvalue weighted by molar-refractivity contribution is 6.30. The molecule has 0 nitrogen and oxygen atoms in total. The fourth-order valence-corrected chi connectivity index (χ4v) is 2.13. The van der Waals surface area contributed by atoms with E-state index in [9.17, 15) is 0 Å². The minimum absolute atomic E-state index is 0.333. The third-order valence-electron chi connectivity index (χ3n) is 2.74. The Morgan fingerprint density at radius 3 is 2.25 bits per heavy atom. The average Bonchev–Trinajstić information content (AvgIpc) is 2.31. The van der Waals surface area contributed by atoms with Gasteiger partial charge in [-0.25, -0.2) is 0 Å². The number of halogens is 1.